The van der Waals surface area contributed by atoms with Gasteiger partial charge in [0, 0.05) is 50.8 Å². The van der Waals surface area contributed by atoms with Crippen molar-refractivity contribution in [3.05, 3.63) is 72.8 Å². The summed E-state index contributed by atoms with van der Waals surface area (Å²) in [6.45, 7) is 5.77. The first-order valence-corrected chi connectivity index (χ1v) is 10.6. The van der Waals surface area contributed by atoms with Crippen molar-refractivity contribution in [2.45, 2.75) is 43.6 Å². The third kappa shape index (κ3) is 3.86. The molecule has 156 valence electrons. The van der Waals surface area contributed by atoms with E-state index in [-0.39, 0.29) is 23.3 Å². The van der Waals surface area contributed by atoms with Gasteiger partial charge in [0.15, 0.2) is 0 Å². The number of hydrogen-bond donors (Lipinski definition) is 0. The van der Waals surface area contributed by atoms with E-state index >= 15 is 0 Å². The zero-order chi connectivity index (χ0) is 21.0. The molecule has 4 rings (SSSR count). The second-order valence-electron chi connectivity index (χ2n) is 8.19. The predicted octanol–water partition coefficient (Wildman–Crippen LogP) is 2.97. The summed E-state index contributed by atoms with van der Waals surface area (Å²) in [5.74, 6) is 0.502. The minimum absolute atomic E-state index is 0.157. The smallest absolute Gasteiger partial charge is 0.224 e. The molecule has 0 unspecified atom stereocenters. The molecule has 0 saturated carbocycles. The quantitative estimate of drug-likeness (QED) is 0.695. The number of aromatic nitrogens is 2. The summed E-state index contributed by atoms with van der Waals surface area (Å²) in [4.78, 5) is 37.7. The first-order chi connectivity index (χ1) is 14.6. The molecular formula is C24H28N4O2. The molecular weight excluding hydrogens is 376 g/mol. The fourth-order valence-corrected chi connectivity index (χ4v) is 5.07. The predicted molar refractivity (Wildman–Crippen MR) is 115 cm³/mol. The Labute approximate surface area is 177 Å². The van der Waals surface area contributed by atoms with Crippen LogP contribution in [0.15, 0.2) is 61.7 Å². The Balaban J connectivity index is 1.47. The molecule has 2 amide bonds. The molecule has 2 aromatic rings. The van der Waals surface area contributed by atoms with Crippen LogP contribution >= 0.6 is 0 Å². The maximum Gasteiger partial charge on any atom is 0.224 e. The summed E-state index contributed by atoms with van der Waals surface area (Å²) < 4.78 is 0. The number of likely N-dealkylation sites (tertiary alicyclic amines) is 2. The number of amides is 2. The number of rotatable bonds is 6. The largest absolute Gasteiger partial charge is 0.343 e. The van der Waals surface area contributed by atoms with Gasteiger partial charge in [-0.25, -0.2) is 9.97 Å². The minimum atomic E-state index is -0.239. The Kier molecular flexibility index (Phi) is 5.93. The monoisotopic (exact) mass is 404 g/mol. The highest BCUT2D eigenvalue weighted by Gasteiger charge is 2.53. The molecule has 3 heterocycles. The Bertz CT molecular complexity index is 892. The lowest BCUT2D eigenvalue weighted by atomic mass is 9.73. The summed E-state index contributed by atoms with van der Waals surface area (Å²) in [7, 11) is 0. The summed E-state index contributed by atoms with van der Waals surface area (Å²) in [6.07, 6.45) is 10.1. The van der Waals surface area contributed by atoms with Crippen LogP contribution in [0.4, 0.5) is 0 Å². The van der Waals surface area contributed by atoms with Crippen molar-refractivity contribution in [3.63, 3.8) is 0 Å². The molecule has 0 N–H and O–H groups in total. The summed E-state index contributed by atoms with van der Waals surface area (Å²) in [5.41, 5.74) is 1.94. The fourth-order valence-electron chi connectivity index (χ4n) is 5.07. The van der Waals surface area contributed by atoms with E-state index in [2.05, 4.69) is 28.7 Å². The van der Waals surface area contributed by atoms with Gasteiger partial charge < -0.3 is 9.80 Å². The molecule has 1 spiro atoms. The normalized spacial score (nSPS) is 20.5. The first-order valence-electron chi connectivity index (χ1n) is 10.6. The molecule has 1 aromatic carbocycles. The Hall–Kier alpha value is -3.02. The highest BCUT2D eigenvalue weighted by molar-refractivity contribution is 5.82. The van der Waals surface area contributed by atoms with Gasteiger partial charge in [-0.15, -0.1) is 6.58 Å². The van der Waals surface area contributed by atoms with Crippen molar-refractivity contribution >= 4 is 11.8 Å². The number of benzene rings is 1. The van der Waals surface area contributed by atoms with E-state index in [1.54, 1.807) is 12.4 Å². The highest BCUT2D eigenvalue weighted by atomic mass is 16.2. The van der Waals surface area contributed by atoms with Gasteiger partial charge in [-0.3, -0.25) is 9.59 Å². The topological polar surface area (TPSA) is 66.4 Å². The van der Waals surface area contributed by atoms with Crippen LogP contribution in [0.1, 0.15) is 42.7 Å². The molecule has 0 aliphatic carbocycles. The number of aryl methyl sites for hydroxylation is 1. The average molecular weight is 405 g/mol. The van der Waals surface area contributed by atoms with Gasteiger partial charge in [-0.05, 0) is 30.4 Å². The van der Waals surface area contributed by atoms with Gasteiger partial charge in [0.25, 0.3) is 0 Å². The minimum Gasteiger partial charge on any atom is -0.343 e. The van der Waals surface area contributed by atoms with Crippen LogP contribution in [0.5, 0.6) is 0 Å². The van der Waals surface area contributed by atoms with Gasteiger partial charge >= 0.3 is 0 Å². The van der Waals surface area contributed by atoms with E-state index in [1.807, 2.05) is 34.1 Å². The second kappa shape index (κ2) is 8.78. The molecule has 6 heteroatoms. The van der Waals surface area contributed by atoms with Crippen molar-refractivity contribution in [2.24, 2.45) is 0 Å². The molecule has 2 fully saturated rings. The fraction of sp³-hybridized carbons (Fsp3) is 0.417. The maximum absolute atomic E-state index is 12.9. The lowest BCUT2D eigenvalue weighted by molar-refractivity contribution is -0.136. The van der Waals surface area contributed by atoms with E-state index in [0.29, 0.717) is 38.9 Å². The summed E-state index contributed by atoms with van der Waals surface area (Å²) in [6, 6.07) is 10.3. The van der Waals surface area contributed by atoms with Crippen LogP contribution in [0.3, 0.4) is 0 Å². The lowest BCUT2D eigenvalue weighted by Crippen LogP contribution is -2.56. The molecule has 0 bridgehead atoms. The van der Waals surface area contributed by atoms with Gasteiger partial charge in [0.05, 0.1) is 5.54 Å². The van der Waals surface area contributed by atoms with E-state index in [1.165, 1.54) is 11.9 Å². The van der Waals surface area contributed by atoms with E-state index in [0.717, 1.165) is 18.4 Å². The van der Waals surface area contributed by atoms with Crippen LogP contribution in [0, 0.1) is 0 Å². The Morgan fingerprint density at radius 3 is 2.53 bits per heavy atom. The van der Waals surface area contributed by atoms with Crippen molar-refractivity contribution < 1.29 is 9.59 Å². The molecule has 0 radical (unpaired) electrons. The zero-order valence-corrected chi connectivity index (χ0v) is 17.2. The standard InChI is InChI=1S/C24H28N4O2/c1-2-12-28-23(30)15-21(20-6-4-3-5-7-20)24(28)10-13-27(14-11-24)22(29)9-8-19-16-25-18-26-17-19/h2-7,16-18,21H,1,8-15H2/t21-/m0/s1. The van der Waals surface area contributed by atoms with Crippen LogP contribution in [-0.2, 0) is 16.0 Å². The molecule has 2 aliphatic heterocycles. The van der Waals surface area contributed by atoms with Crippen molar-refractivity contribution in [3.8, 4) is 0 Å². The van der Waals surface area contributed by atoms with Gasteiger partial charge in [-0.2, -0.15) is 0 Å². The average Bonchev–Trinajstić information content (AvgIpc) is 3.05. The molecule has 30 heavy (non-hydrogen) atoms. The van der Waals surface area contributed by atoms with Crippen molar-refractivity contribution in [1.29, 1.82) is 0 Å². The number of nitrogens with zero attached hydrogens (tertiary/aromatic N) is 4. The first kappa shape index (κ1) is 20.3. The molecule has 1 aromatic heterocycles. The Morgan fingerprint density at radius 1 is 1.17 bits per heavy atom. The van der Waals surface area contributed by atoms with Crippen LogP contribution in [0.2, 0.25) is 0 Å². The lowest BCUT2D eigenvalue weighted by Gasteiger charge is -2.48. The van der Waals surface area contributed by atoms with E-state index in [4.69, 9.17) is 0 Å². The molecule has 1 atom stereocenters. The third-order valence-electron chi connectivity index (χ3n) is 6.60. The van der Waals surface area contributed by atoms with Gasteiger partial charge in [-0.1, -0.05) is 36.4 Å². The van der Waals surface area contributed by atoms with Crippen molar-refractivity contribution in [1.82, 2.24) is 19.8 Å². The number of hydrogen-bond acceptors (Lipinski definition) is 4. The molecule has 2 aliphatic rings. The highest BCUT2D eigenvalue weighted by Crippen LogP contribution is 2.48. The number of carbonyl (C=O) groups is 2. The van der Waals surface area contributed by atoms with Gasteiger partial charge in [0.1, 0.15) is 6.33 Å². The maximum atomic E-state index is 12.9. The van der Waals surface area contributed by atoms with Crippen LogP contribution < -0.4 is 0 Å². The third-order valence-corrected chi connectivity index (χ3v) is 6.60. The number of carbonyl (C=O) groups excluding carboxylic acids is 2. The van der Waals surface area contributed by atoms with Crippen molar-refractivity contribution in [2.75, 3.05) is 19.6 Å². The summed E-state index contributed by atoms with van der Waals surface area (Å²) in [5, 5.41) is 0. The molecule has 2 saturated heterocycles. The Morgan fingerprint density at radius 2 is 1.87 bits per heavy atom. The van der Waals surface area contributed by atoms with E-state index < -0.39 is 0 Å². The van der Waals surface area contributed by atoms with E-state index in [9.17, 15) is 9.59 Å². The molecule has 6 nitrogen and oxygen atoms in total. The SMILES string of the molecule is C=CCN1C(=O)C[C@@H](c2ccccc2)C12CCN(C(=O)CCc1cncnc1)CC2. The van der Waals surface area contributed by atoms with Gasteiger partial charge in [0.2, 0.25) is 11.8 Å². The second-order valence-corrected chi connectivity index (χ2v) is 8.19. The zero-order valence-electron chi connectivity index (χ0n) is 17.2. The number of piperidine rings is 1. The van der Waals surface area contributed by atoms with Crippen LogP contribution in [0.25, 0.3) is 0 Å². The van der Waals surface area contributed by atoms with Crippen LogP contribution in [-0.4, -0.2) is 56.8 Å². The summed E-state index contributed by atoms with van der Waals surface area (Å²) >= 11 is 0.